The van der Waals surface area contributed by atoms with Crippen LogP contribution in [-0.4, -0.2) is 82.4 Å². The largest absolute Gasteiger partial charge is 0.600 e. The first-order valence-corrected chi connectivity index (χ1v) is 15.8. The first-order chi connectivity index (χ1) is 16.6. The molecule has 0 bridgehead atoms. The molecule has 2 saturated carbocycles. The summed E-state index contributed by atoms with van der Waals surface area (Å²) in [5.41, 5.74) is 1.15. The van der Waals surface area contributed by atoms with Gasteiger partial charge in [-0.2, -0.15) is 0 Å². The summed E-state index contributed by atoms with van der Waals surface area (Å²) in [6.45, 7) is 1.42. The molecule has 4 rings (SSSR count). The Balaban J connectivity index is 0.000000586. The van der Waals surface area contributed by atoms with E-state index < -0.39 is 17.9 Å². The van der Waals surface area contributed by atoms with Crippen LogP contribution in [0.3, 0.4) is 0 Å². The molecule has 196 valence electrons. The van der Waals surface area contributed by atoms with Crippen molar-refractivity contribution in [2.45, 2.75) is 70.5 Å². The Bertz CT molecular complexity index is 632. The molecule has 0 aromatic heterocycles. The van der Waals surface area contributed by atoms with Crippen LogP contribution in [0, 0.1) is 0 Å². The van der Waals surface area contributed by atoms with Crippen LogP contribution in [0.4, 0.5) is 0 Å². The topological polar surface area (TPSA) is 61.9 Å². The molecule has 0 radical (unpaired) electrons. The van der Waals surface area contributed by atoms with Crippen LogP contribution in [0.5, 0.6) is 0 Å². The Labute approximate surface area is 209 Å². The summed E-state index contributed by atoms with van der Waals surface area (Å²) < 4.78 is 39.4. The van der Waals surface area contributed by atoms with Crippen LogP contribution < -0.4 is 0 Å². The molecule has 0 spiro atoms. The van der Waals surface area contributed by atoms with Crippen molar-refractivity contribution in [3.8, 4) is 0 Å². The van der Waals surface area contributed by atoms with Gasteiger partial charge in [0.15, 0.2) is 0 Å². The lowest BCUT2D eigenvalue weighted by molar-refractivity contribution is -0.0391. The van der Waals surface area contributed by atoms with Gasteiger partial charge >= 0.3 is 17.9 Å². The lowest BCUT2D eigenvalue weighted by Crippen LogP contribution is -2.73. The molecular weight excluding hydrogens is 468 g/mol. The number of rotatable bonds is 11. The molecule has 1 atom stereocenters. The van der Waals surface area contributed by atoms with Gasteiger partial charge in [0.2, 0.25) is 0 Å². The molecule has 10 heteroatoms. The van der Waals surface area contributed by atoms with E-state index >= 15 is 0 Å². The van der Waals surface area contributed by atoms with E-state index in [0.717, 1.165) is 31.4 Å². The first-order valence-electron chi connectivity index (χ1n) is 12.4. The molecule has 1 aromatic rings. The summed E-state index contributed by atoms with van der Waals surface area (Å²) in [6, 6.07) is 10.2. The third kappa shape index (κ3) is 8.47. The van der Waals surface area contributed by atoms with E-state index in [4.69, 9.17) is 26.6 Å². The Morgan fingerprint density at radius 2 is 1.21 bits per heavy atom. The van der Waals surface area contributed by atoms with Gasteiger partial charge in [0.05, 0.1) is 6.17 Å². The molecule has 3 aliphatic rings. The molecular formula is C24H46N2O6Si2. The molecule has 1 saturated heterocycles. The Morgan fingerprint density at radius 3 is 1.62 bits per heavy atom. The highest BCUT2D eigenvalue weighted by Crippen LogP contribution is 2.32. The van der Waals surface area contributed by atoms with Crippen molar-refractivity contribution in [2.24, 2.45) is 0 Å². The quantitative estimate of drug-likeness (QED) is 0.403. The first kappa shape index (κ1) is 29.6. The van der Waals surface area contributed by atoms with E-state index in [2.05, 4.69) is 21.3 Å². The summed E-state index contributed by atoms with van der Waals surface area (Å²) >= 11 is 0. The van der Waals surface area contributed by atoms with Crippen molar-refractivity contribution in [3.05, 3.63) is 35.9 Å². The van der Waals surface area contributed by atoms with Crippen LogP contribution in [0.1, 0.15) is 63.4 Å². The highest BCUT2D eigenvalue weighted by molar-refractivity contribution is 6.59. The maximum atomic E-state index is 5.87. The highest BCUT2D eigenvalue weighted by Gasteiger charge is 2.57. The fraction of sp³-hybridized carbons (Fsp3) is 0.750. The molecule has 34 heavy (non-hydrogen) atoms. The van der Waals surface area contributed by atoms with Crippen molar-refractivity contribution < 1.29 is 26.6 Å². The number of hydrogen-bond acceptors (Lipinski definition) is 8. The Morgan fingerprint density at radius 1 is 0.706 bits per heavy atom. The molecule has 1 aromatic carbocycles. The maximum absolute atomic E-state index is 5.87. The third-order valence-corrected chi connectivity index (χ3v) is 11.5. The zero-order valence-corrected chi connectivity index (χ0v) is 24.1. The molecule has 1 unspecified atom stereocenters. The van der Waals surface area contributed by atoms with Crippen molar-refractivity contribution in [2.75, 3.05) is 49.2 Å². The average molecular weight is 515 g/mol. The minimum absolute atomic E-state index is 0.0630. The predicted molar refractivity (Wildman–Crippen MR) is 138 cm³/mol. The van der Waals surface area contributed by atoms with E-state index in [1.54, 1.807) is 42.7 Å². The zero-order valence-electron chi connectivity index (χ0n) is 22.1. The lowest BCUT2D eigenvalue weighted by Gasteiger charge is -2.50. The number of nitrogens with zero attached hydrogens (tertiary/aromatic N) is 2. The van der Waals surface area contributed by atoms with Crippen molar-refractivity contribution in [1.29, 1.82) is 0 Å². The Hall–Kier alpha value is -0.666. The monoisotopic (exact) mass is 514 g/mol. The van der Waals surface area contributed by atoms with Gasteiger partial charge in [-0.3, -0.25) is 0 Å². The average Bonchev–Trinajstić information content (AvgIpc) is 3.78. The fourth-order valence-corrected chi connectivity index (χ4v) is 8.52. The van der Waals surface area contributed by atoms with Gasteiger partial charge in [-0.25, -0.2) is 9.13 Å². The number of benzene rings is 1. The van der Waals surface area contributed by atoms with E-state index in [1.807, 2.05) is 18.2 Å². The molecule has 1 heterocycles. The van der Waals surface area contributed by atoms with Crippen molar-refractivity contribution >= 4 is 17.9 Å². The fourth-order valence-electron chi connectivity index (χ4n) is 3.93. The van der Waals surface area contributed by atoms with Gasteiger partial charge in [0.25, 0.3) is 0 Å². The molecule has 3 fully saturated rings. The van der Waals surface area contributed by atoms with Crippen LogP contribution in [-0.2, 0) is 33.1 Å². The molecule has 1 aliphatic heterocycles. The van der Waals surface area contributed by atoms with E-state index in [0.29, 0.717) is 6.54 Å². The SMILES string of the molecule is C1CC1.C1CC1.CO[Si](OC)(OC)N1CCCCC1N(Cc1ccccc1)[Si](OC)(OC)OC. The summed E-state index contributed by atoms with van der Waals surface area (Å²) in [5, 5.41) is 0. The second-order valence-corrected chi connectivity index (χ2v) is 14.4. The van der Waals surface area contributed by atoms with Gasteiger partial charge in [-0.05, 0) is 31.4 Å². The van der Waals surface area contributed by atoms with Crippen LogP contribution in [0.15, 0.2) is 30.3 Å². The van der Waals surface area contributed by atoms with Gasteiger partial charge in [-0.15, -0.1) is 0 Å². The standard InChI is InChI=1S/C18H34N2O6Si2.2C3H6/c1-21-27(22-2,23-3)19-15-11-10-14-18(19)20(28(24-4,25-5)26-6)16-17-12-8-7-9-13-17;2*1-2-3-1/h7-9,12-13,18H,10-11,14-16H2,1-6H3;2*1-3H2. The Kier molecular flexibility index (Phi) is 13.4. The number of hydrogen-bond donors (Lipinski definition) is 0. The molecule has 8 nitrogen and oxygen atoms in total. The third-order valence-electron chi connectivity index (χ3n) is 5.98. The second-order valence-electron chi connectivity index (χ2n) is 8.68. The van der Waals surface area contributed by atoms with Gasteiger partial charge < -0.3 is 26.6 Å². The van der Waals surface area contributed by atoms with E-state index in [-0.39, 0.29) is 6.17 Å². The zero-order chi connectivity index (χ0) is 24.9. The summed E-state index contributed by atoms with van der Waals surface area (Å²) in [4.78, 5) is 0. The smallest absolute Gasteiger partial charge is 0.364 e. The van der Waals surface area contributed by atoms with Crippen molar-refractivity contribution in [3.63, 3.8) is 0 Å². The minimum atomic E-state index is -3.13. The predicted octanol–water partition coefficient (Wildman–Crippen LogP) is 4.39. The van der Waals surface area contributed by atoms with E-state index in [9.17, 15) is 0 Å². The maximum Gasteiger partial charge on any atom is 0.600 e. The second kappa shape index (κ2) is 15.4. The molecule has 2 aliphatic carbocycles. The number of piperidine rings is 1. The summed E-state index contributed by atoms with van der Waals surface area (Å²) in [6.07, 6.45) is 12.0. The van der Waals surface area contributed by atoms with Gasteiger partial charge in [0.1, 0.15) is 0 Å². The minimum Gasteiger partial charge on any atom is -0.364 e. The summed E-state index contributed by atoms with van der Waals surface area (Å²) in [7, 11) is 3.67. The van der Waals surface area contributed by atoms with Crippen LogP contribution >= 0.6 is 0 Å². The van der Waals surface area contributed by atoms with Crippen LogP contribution in [0.25, 0.3) is 0 Å². The molecule has 0 amide bonds. The normalized spacial score (nSPS) is 20.1. The lowest BCUT2D eigenvalue weighted by atomic mass is 10.1. The summed E-state index contributed by atoms with van der Waals surface area (Å²) in [5.74, 6) is 0. The highest BCUT2D eigenvalue weighted by atomic mass is 28.4. The van der Waals surface area contributed by atoms with E-state index in [1.165, 1.54) is 38.5 Å². The van der Waals surface area contributed by atoms with Crippen molar-refractivity contribution in [1.82, 2.24) is 9.13 Å². The molecule has 0 N–H and O–H groups in total. The van der Waals surface area contributed by atoms with Crippen LogP contribution in [0.2, 0.25) is 0 Å². The van der Waals surface area contributed by atoms with Gasteiger partial charge in [0, 0.05) is 49.2 Å². The van der Waals surface area contributed by atoms with Gasteiger partial charge in [-0.1, -0.05) is 68.9 Å².